The summed E-state index contributed by atoms with van der Waals surface area (Å²) in [6.07, 6.45) is 0. The molecule has 0 bridgehead atoms. The molecule has 0 aliphatic heterocycles. The SMILES string of the molecule is Cc1nc(C(=O)N(C)c2snc(C)c2C(=O)O)cs1. The maximum absolute atomic E-state index is 12.2. The van der Waals surface area contributed by atoms with Crippen LogP contribution in [0.4, 0.5) is 5.00 Å². The van der Waals surface area contributed by atoms with E-state index in [-0.39, 0.29) is 11.5 Å². The highest BCUT2D eigenvalue weighted by atomic mass is 32.1. The van der Waals surface area contributed by atoms with E-state index in [1.807, 2.05) is 0 Å². The van der Waals surface area contributed by atoms with E-state index in [1.54, 1.807) is 19.2 Å². The largest absolute Gasteiger partial charge is 0.478 e. The first kappa shape index (κ1) is 13.6. The van der Waals surface area contributed by atoms with E-state index < -0.39 is 5.97 Å². The van der Waals surface area contributed by atoms with Crippen molar-refractivity contribution in [2.24, 2.45) is 0 Å². The molecule has 19 heavy (non-hydrogen) atoms. The number of aromatic carboxylic acids is 1. The average molecular weight is 297 g/mol. The van der Waals surface area contributed by atoms with Crippen LogP contribution in [0.15, 0.2) is 5.38 Å². The lowest BCUT2D eigenvalue weighted by Crippen LogP contribution is -2.27. The van der Waals surface area contributed by atoms with E-state index in [9.17, 15) is 9.59 Å². The van der Waals surface area contributed by atoms with Gasteiger partial charge in [0, 0.05) is 12.4 Å². The third kappa shape index (κ3) is 2.49. The van der Waals surface area contributed by atoms with Crippen LogP contribution in [0.1, 0.15) is 31.5 Å². The van der Waals surface area contributed by atoms with Crippen molar-refractivity contribution in [1.29, 1.82) is 0 Å². The van der Waals surface area contributed by atoms with Crippen LogP contribution in [0.25, 0.3) is 0 Å². The van der Waals surface area contributed by atoms with Crippen molar-refractivity contribution in [2.75, 3.05) is 11.9 Å². The zero-order valence-corrected chi connectivity index (χ0v) is 12.1. The fourth-order valence-electron chi connectivity index (χ4n) is 1.56. The van der Waals surface area contributed by atoms with Gasteiger partial charge in [-0.05, 0) is 25.4 Å². The zero-order chi connectivity index (χ0) is 14.2. The van der Waals surface area contributed by atoms with Crippen molar-refractivity contribution >= 4 is 39.7 Å². The number of carboxylic acid groups (broad SMARTS) is 1. The van der Waals surface area contributed by atoms with Gasteiger partial charge in [0.25, 0.3) is 5.91 Å². The van der Waals surface area contributed by atoms with Gasteiger partial charge in [-0.25, -0.2) is 9.78 Å². The molecule has 0 aliphatic rings. The molecule has 100 valence electrons. The van der Waals surface area contributed by atoms with Gasteiger partial charge in [0.15, 0.2) is 0 Å². The molecule has 0 aliphatic carbocycles. The van der Waals surface area contributed by atoms with Crippen LogP contribution in [-0.2, 0) is 0 Å². The Bertz CT molecular complexity index is 647. The molecule has 0 unspecified atom stereocenters. The minimum absolute atomic E-state index is 0.0628. The second kappa shape index (κ2) is 5.06. The molecule has 0 saturated heterocycles. The van der Waals surface area contributed by atoms with Crippen molar-refractivity contribution in [3.05, 3.63) is 27.3 Å². The molecule has 2 aromatic rings. The average Bonchev–Trinajstić information content (AvgIpc) is 2.93. The minimum Gasteiger partial charge on any atom is -0.478 e. The minimum atomic E-state index is -1.09. The van der Waals surface area contributed by atoms with E-state index in [0.717, 1.165) is 16.5 Å². The van der Waals surface area contributed by atoms with Gasteiger partial charge in [-0.3, -0.25) is 9.69 Å². The highest BCUT2D eigenvalue weighted by Gasteiger charge is 2.25. The van der Waals surface area contributed by atoms with Gasteiger partial charge in [-0.1, -0.05) is 0 Å². The van der Waals surface area contributed by atoms with E-state index in [4.69, 9.17) is 5.11 Å². The van der Waals surface area contributed by atoms with Crippen molar-refractivity contribution in [3.63, 3.8) is 0 Å². The molecule has 1 N–H and O–H groups in total. The fraction of sp³-hybridized carbons (Fsp3) is 0.273. The number of rotatable bonds is 3. The highest BCUT2D eigenvalue weighted by molar-refractivity contribution is 7.11. The third-order valence-corrected chi connectivity index (χ3v) is 4.30. The molecule has 0 aromatic carbocycles. The smallest absolute Gasteiger partial charge is 0.340 e. The van der Waals surface area contributed by atoms with Gasteiger partial charge in [0.1, 0.15) is 16.3 Å². The van der Waals surface area contributed by atoms with Crippen LogP contribution in [0.5, 0.6) is 0 Å². The summed E-state index contributed by atoms with van der Waals surface area (Å²) in [5.41, 5.74) is 0.779. The molecule has 0 atom stereocenters. The molecule has 1 amide bonds. The molecule has 0 radical (unpaired) electrons. The lowest BCUT2D eigenvalue weighted by atomic mass is 10.2. The molecule has 0 spiro atoms. The number of anilines is 1. The number of thiazole rings is 1. The van der Waals surface area contributed by atoms with Gasteiger partial charge in [0.05, 0.1) is 10.7 Å². The number of hydrogen-bond acceptors (Lipinski definition) is 6. The van der Waals surface area contributed by atoms with E-state index in [2.05, 4.69) is 9.36 Å². The summed E-state index contributed by atoms with van der Waals surface area (Å²) in [6.45, 7) is 3.41. The van der Waals surface area contributed by atoms with Crippen molar-refractivity contribution in [1.82, 2.24) is 9.36 Å². The first-order chi connectivity index (χ1) is 8.91. The standard InChI is InChI=1S/C11H11N3O3S2/c1-5-8(11(16)17)10(19-13-5)14(3)9(15)7-4-18-6(2)12-7/h4H,1-3H3,(H,16,17). The number of hydrogen-bond donors (Lipinski definition) is 1. The molecule has 6 nitrogen and oxygen atoms in total. The van der Waals surface area contributed by atoms with Gasteiger partial charge in [-0.15, -0.1) is 11.3 Å². The van der Waals surface area contributed by atoms with Crippen molar-refractivity contribution in [3.8, 4) is 0 Å². The quantitative estimate of drug-likeness (QED) is 0.939. The van der Waals surface area contributed by atoms with E-state index >= 15 is 0 Å². The van der Waals surface area contributed by atoms with Crippen LogP contribution in [0, 0.1) is 13.8 Å². The fourth-order valence-corrected chi connectivity index (χ4v) is 2.99. The third-order valence-electron chi connectivity index (χ3n) is 2.51. The maximum atomic E-state index is 12.2. The van der Waals surface area contributed by atoms with Gasteiger partial charge in [-0.2, -0.15) is 4.37 Å². The highest BCUT2D eigenvalue weighted by Crippen LogP contribution is 2.28. The van der Waals surface area contributed by atoms with Gasteiger partial charge < -0.3 is 5.11 Å². The van der Waals surface area contributed by atoms with Crippen LogP contribution in [-0.4, -0.2) is 33.4 Å². The van der Waals surface area contributed by atoms with E-state index in [1.165, 1.54) is 23.3 Å². The van der Waals surface area contributed by atoms with Crippen molar-refractivity contribution < 1.29 is 14.7 Å². The number of carbonyl (C=O) groups is 2. The first-order valence-electron chi connectivity index (χ1n) is 5.31. The Kier molecular flexibility index (Phi) is 3.63. The predicted octanol–water partition coefficient (Wildman–Crippen LogP) is 2.19. The second-order valence-corrected chi connectivity index (χ2v) is 5.68. The molecular formula is C11H11N3O3S2. The summed E-state index contributed by atoms with van der Waals surface area (Å²) in [5, 5.41) is 11.9. The second-order valence-electron chi connectivity index (χ2n) is 3.87. The van der Waals surface area contributed by atoms with Crippen molar-refractivity contribution in [2.45, 2.75) is 13.8 Å². The molecule has 0 saturated carbocycles. The summed E-state index contributed by atoms with van der Waals surface area (Å²) in [5.74, 6) is -1.43. The summed E-state index contributed by atoms with van der Waals surface area (Å²) >= 11 is 2.37. The predicted molar refractivity (Wildman–Crippen MR) is 73.4 cm³/mol. The zero-order valence-electron chi connectivity index (χ0n) is 10.5. The topological polar surface area (TPSA) is 83.4 Å². The summed E-state index contributed by atoms with van der Waals surface area (Å²) in [7, 11) is 1.52. The molecule has 2 aromatic heterocycles. The van der Waals surface area contributed by atoms with Crippen LogP contribution in [0.3, 0.4) is 0 Å². The lowest BCUT2D eigenvalue weighted by molar-refractivity contribution is 0.0697. The number of carboxylic acids is 1. The maximum Gasteiger partial charge on any atom is 0.340 e. The Morgan fingerprint density at radius 2 is 2.05 bits per heavy atom. The van der Waals surface area contributed by atoms with Crippen LogP contribution in [0.2, 0.25) is 0 Å². The van der Waals surface area contributed by atoms with E-state index in [0.29, 0.717) is 16.4 Å². The number of aromatic nitrogens is 2. The first-order valence-corrected chi connectivity index (χ1v) is 6.97. The Labute approximate surface area is 117 Å². The van der Waals surface area contributed by atoms with Gasteiger partial charge in [0.2, 0.25) is 0 Å². The summed E-state index contributed by atoms with van der Waals surface area (Å²) in [4.78, 5) is 28.8. The summed E-state index contributed by atoms with van der Waals surface area (Å²) < 4.78 is 3.99. The summed E-state index contributed by atoms with van der Waals surface area (Å²) in [6, 6.07) is 0. The number of amides is 1. The normalized spacial score (nSPS) is 10.5. The Balaban J connectivity index is 2.37. The molecule has 2 heterocycles. The Morgan fingerprint density at radius 1 is 1.37 bits per heavy atom. The van der Waals surface area contributed by atoms with Crippen LogP contribution < -0.4 is 4.90 Å². The monoisotopic (exact) mass is 297 g/mol. The molecule has 8 heteroatoms. The molecule has 2 rings (SSSR count). The number of nitrogens with zero attached hydrogens (tertiary/aromatic N) is 3. The Morgan fingerprint density at radius 3 is 2.58 bits per heavy atom. The number of aryl methyl sites for hydroxylation is 2. The lowest BCUT2D eigenvalue weighted by Gasteiger charge is -2.14. The Hall–Kier alpha value is -1.80. The molecule has 0 fully saturated rings. The van der Waals surface area contributed by atoms with Crippen LogP contribution >= 0.6 is 22.9 Å². The number of carbonyl (C=O) groups excluding carboxylic acids is 1. The van der Waals surface area contributed by atoms with Gasteiger partial charge >= 0.3 is 5.97 Å². The molecular weight excluding hydrogens is 286 g/mol.